The molecule has 0 fully saturated rings. The molecule has 1 aromatic rings. The summed E-state index contributed by atoms with van der Waals surface area (Å²) in [5, 5.41) is 0. The van der Waals surface area contributed by atoms with Gasteiger partial charge in [0.15, 0.2) is 0 Å². The molecular weight excluding hydrogens is 198 g/mol. The SMILES string of the molecule is CC(C)(C)c1cn2c(n1)CN(C(C)(C)C)C2. The van der Waals surface area contributed by atoms with Gasteiger partial charge in [0.1, 0.15) is 5.82 Å². The first-order chi connectivity index (χ1) is 7.18. The topological polar surface area (TPSA) is 21.1 Å². The van der Waals surface area contributed by atoms with Crippen molar-refractivity contribution in [2.24, 2.45) is 0 Å². The zero-order valence-corrected chi connectivity index (χ0v) is 11.3. The summed E-state index contributed by atoms with van der Waals surface area (Å²) < 4.78 is 2.28. The van der Waals surface area contributed by atoms with E-state index < -0.39 is 0 Å². The third-order valence-corrected chi connectivity index (χ3v) is 3.23. The van der Waals surface area contributed by atoms with Crippen molar-refractivity contribution in [3.05, 3.63) is 17.7 Å². The van der Waals surface area contributed by atoms with Crippen LogP contribution in [-0.4, -0.2) is 20.0 Å². The third kappa shape index (κ3) is 2.01. The standard InChI is InChI=1S/C13H23N3/c1-12(2,3)10-7-15-9-16(13(4,5)6)8-11(15)14-10/h7H,8-9H2,1-6H3. The molecule has 16 heavy (non-hydrogen) atoms. The van der Waals surface area contributed by atoms with Crippen molar-refractivity contribution < 1.29 is 0 Å². The van der Waals surface area contributed by atoms with Crippen LogP contribution in [0.5, 0.6) is 0 Å². The zero-order chi connectivity index (χ0) is 12.1. The highest BCUT2D eigenvalue weighted by atomic mass is 15.4. The Hall–Kier alpha value is -0.830. The van der Waals surface area contributed by atoms with Crippen LogP contribution >= 0.6 is 0 Å². The second-order valence-corrected chi connectivity index (χ2v) is 6.77. The van der Waals surface area contributed by atoms with E-state index in [-0.39, 0.29) is 11.0 Å². The minimum absolute atomic E-state index is 0.157. The zero-order valence-electron chi connectivity index (χ0n) is 11.3. The van der Waals surface area contributed by atoms with Crippen molar-refractivity contribution in [2.75, 3.05) is 0 Å². The van der Waals surface area contributed by atoms with E-state index in [1.807, 2.05) is 0 Å². The van der Waals surface area contributed by atoms with Gasteiger partial charge in [0, 0.05) is 17.2 Å². The number of fused-ring (bicyclic) bond motifs is 1. The normalized spacial score (nSPS) is 17.9. The lowest BCUT2D eigenvalue weighted by Crippen LogP contribution is -2.37. The van der Waals surface area contributed by atoms with Gasteiger partial charge >= 0.3 is 0 Å². The van der Waals surface area contributed by atoms with E-state index in [2.05, 4.69) is 57.2 Å². The van der Waals surface area contributed by atoms with E-state index >= 15 is 0 Å². The maximum Gasteiger partial charge on any atom is 0.124 e. The lowest BCUT2D eigenvalue weighted by molar-refractivity contribution is 0.119. The molecule has 0 unspecified atom stereocenters. The Morgan fingerprint density at radius 1 is 1.12 bits per heavy atom. The van der Waals surface area contributed by atoms with Gasteiger partial charge in [0.05, 0.1) is 18.9 Å². The van der Waals surface area contributed by atoms with Gasteiger partial charge in [0.25, 0.3) is 0 Å². The first-order valence-electron chi connectivity index (χ1n) is 5.99. The summed E-state index contributed by atoms with van der Waals surface area (Å²) in [5.74, 6) is 1.21. The smallest absolute Gasteiger partial charge is 0.124 e. The molecule has 3 nitrogen and oxygen atoms in total. The van der Waals surface area contributed by atoms with E-state index in [4.69, 9.17) is 4.98 Å². The summed E-state index contributed by atoms with van der Waals surface area (Å²) in [7, 11) is 0. The van der Waals surface area contributed by atoms with Crippen molar-refractivity contribution in [3.8, 4) is 0 Å². The van der Waals surface area contributed by atoms with Crippen molar-refractivity contribution in [2.45, 2.75) is 65.7 Å². The first-order valence-corrected chi connectivity index (χ1v) is 5.99. The van der Waals surface area contributed by atoms with Crippen LogP contribution in [0.1, 0.15) is 53.1 Å². The van der Waals surface area contributed by atoms with Crippen LogP contribution in [0.15, 0.2) is 6.20 Å². The Kier molecular flexibility index (Phi) is 2.42. The molecule has 0 saturated carbocycles. The van der Waals surface area contributed by atoms with Crippen LogP contribution in [0.4, 0.5) is 0 Å². The summed E-state index contributed by atoms with van der Waals surface area (Å²) >= 11 is 0. The predicted molar refractivity (Wildman–Crippen MR) is 66.2 cm³/mol. The van der Waals surface area contributed by atoms with Gasteiger partial charge in [-0.3, -0.25) is 4.90 Å². The van der Waals surface area contributed by atoms with Gasteiger partial charge in [-0.1, -0.05) is 20.8 Å². The minimum Gasteiger partial charge on any atom is -0.320 e. The molecule has 0 aliphatic carbocycles. The van der Waals surface area contributed by atoms with Crippen molar-refractivity contribution in [3.63, 3.8) is 0 Å². The molecule has 1 aliphatic heterocycles. The molecule has 1 aromatic heterocycles. The van der Waals surface area contributed by atoms with Crippen LogP contribution in [0, 0.1) is 0 Å². The molecule has 3 heteroatoms. The van der Waals surface area contributed by atoms with Gasteiger partial charge < -0.3 is 4.57 Å². The number of hydrogen-bond acceptors (Lipinski definition) is 2. The summed E-state index contributed by atoms with van der Waals surface area (Å²) in [6.07, 6.45) is 2.21. The van der Waals surface area contributed by atoms with E-state index in [0.29, 0.717) is 0 Å². The molecule has 2 heterocycles. The second-order valence-electron chi connectivity index (χ2n) is 6.77. The summed E-state index contributed by atoms with van der Waals surface area (Å²) in [6, 6.07) is 0. The third-order valence-electron chi connectivity index (χ3n) is 3.23. The maximum atomic E-state index is 4.75. The number of aromatic nitrogens is 2. The van der Waals surface area contributed by atoms with Gasteiger partial charge in [0.2, 0.25) is 0 Å². The Bertz CT molecular complexity index is 367. The molecule has 0 amide bonds. The predicted octanol–water partition coefficient (Wildman–Crippen LogP) is 2.75. The number of hydrogen-bond donors (Lipinski definition) is 0. The lowest BCUT2D eigenvalue weighted by atomic mass is 9.93. The molecule has 0 aromatic carbocycles. The van der Waals surface area contributed by atoms with Crippen LogP contribution < -0.4 is 0 Å². The fraction of sp³-hybridized carbons (Fsp3) is 0.769. The van der Waals surface area contributed by atoms with Gasteiger partial charge in [-0.05, 0) is 20.8 Å². The fourth-order valence-electron chi connectivity index (χ4n) is 1.92. The van der Waals surface area contributed by atoms with E-state index in [1.165, 1.54) is 11.5 Å². The van der Waals surface area contributed by atoms with Crippen molar-refractivity contribution >= 4 is 0 Å². The largest absolute Gasteiger partial charge is 0.320 e. The molecule has 0 radical (unpaired) electrons. The highest BCUT2D eigenvalue weighted by Crippen LogP contribution is 2.28. The molecule has 0 spiro atoms. The van der Waals surface area contributed by atoms with E-state index in [1.54, 1.807) is 0 Å². The molecular formula is C13H23N3. The fourth-order valence-corrected chi connectivity index (χ4v) is 1.92. The monoisotopic (exact) mass is 221 g/mol. The Balaban J connectivity index is 2.21. The van der Waals surface area contributed by atoms with Crippen LogP contribution in [-0.2, 0) is 18.6 Å². The second kappa shape index (κ2) is 3.33. The Morgan fingerprint density at radius 3 is 2.19 bits per heavy atom. The summed E-state index contributed by atoms with van der Waals surface area (Å²) in [4.78, 5) is 7.19. The number of nitrogens with zero attached hydrogens (tertiary/aromatic N) is 3. The average Bonchev–Trinajstić information content (AvgIpc) is 2.53. The summed E-state index contributed by atoms with van der Waals surface area (Å²) in [5.41, 5.74) is 1.59. The number of imidazole rings is 1. The highest BCUT2D eigenvalue weighted by Gasteiger charge is 2.30. The molecule has 0 atom stereocenters. The summed E-state index contributed by atoms with van der Waals surface area (Å²) in [6.45, 7) is 15.4. The molecule has 0 saturated heterocycles. The van der Waals surface area contributed by atoms with Crippen LogP contribution in [0.3, 0.4) is 0 Å². The van der Waals surface area contributed by atoms with Crippen molar-refractivity contribution in [1.29, 1.82) is 0 Å². The van der Waals surface area contributed by atoms with Crippen molar-refractivity contribution in [1.82, 2.24) is 14.5 Å². The number of rotatable bonds is 0. The quantitative estimate of drug-likeness (QED) is 0.671. The van der Waals surface area contributed by atoms with Crippen LogP contribution in [0.25, 0.3) is 0 Å². The highest BCUT2D eigenvalue weighted by molar-refractivity contribution is 5.15. The molecule has 0 bridgehead atoms. The molecule has 0 N–H and O–H groups in total. The maximum absolute atomic E-state index is 4.75. The molecule has 1 aliphatic rings. The minimum atomic E-state index is 0.157. The van der Waals surface area contributed by atoms with Gasteiger partial charge in [-0.25, -0.2) is 4.98 Å². The van der Waals surface area contributed by atoms with Gasteiger partial charge in [-0.2, -0.15) is 0 Å². The van der Waals surface area contributed by atoms with E-state index in [9.17, 15) is 0 Å². The van der Waals surface area contributed by atoms with Crippen LogP contribution in [0.2, 0.25) is 0 Å². The Morgan fingerprint density at radius 2 is 1.75 bits per heavy atom. The molecule has 90 valence electrons. The lowest BCUT2D eigenvalue weighted by Gasteiger charge is -2.30. The first kappa shape index (κ1) is 11.6. The average molecular weight is 221 g/mol. The Labute approximate surface area is 98.5 Å². The van der Waals surface area contributed by atoms with Gasteiger partial charge in [-0.15, -0.1) is 0 Å². The van der Waals surface area contributed by atoms with E-state index in [0.717, 1.165) is 13.2 Å². The molecule has 2 rings (SSSR count).